The molecule has 0 aliphatic heterocycles. The minimum atomic E-state index is 0. The van der Waals surface area contributed by atoms with E-state index < -0.39 is 0 Å². The summed E-state index contributed by atoms with van der Waals surface area (Å²) in [6, 6.07) is 0. The summed E-state index contributed by atoms with van der Waals surface area (Å²) in [7, 11) is 0. The van der Waals surface area contributed by atoms with Gasteiger partial charge in [0.25, 0.3) is 0 Å². The second kappa shape index (κ2) is 27.0. The SMILES string of the molecule is [Cd+2].[Ni+2].[O-2].[O-2]. The van der Waals surface area contributed by atoms with E-state index in [1.807, 2.05) is 0 Å². The summed E-state index contributed by atoms with van der Waals surface area (Å²) in [6.07, 6.45) is 0. The average molecular weight is 203 g/mol. The van der Waals surface area contributed by atoms with Crippen LogP contribution in [0, 0.1) is 0 Å². The third-order valence-electron chi connectivity index (χ3n) is 0. The molecule has 24 valence electrons. The molecule has 0 saturated heterocycles. The van der Waals surface area contributed by atoms with Crippen molar-refractivity contribution in [3.05, 3.63) is 0 Å². The first-order chi connectivity index (χ1) is 0. The molecular weight excluding hydrogens is 203 g/mol. The number of hydrogen-bond donors (Lipinski definition) is 0. The van der Waals surface area contributed by atoms with Crippen LogP contribution >= 0.6 is 0 Å². The fourth-order valence-electron chi connectivity index (χ4n) is 0. The van der Waals surface area contributed by atoms with Gasteiger partial charge in [-0.05, 0) is 0 Å². The van der Waals surface area contributed by atoms with Crippen molar-refractivity contribution in [3.63, 3.8) is 0 Å². The van der Waals surface area contributed by atoms with E-state index in [-0.39, 0.29) is 54.7 Å². The number of hydrogen-bond acceptors (Lipinski definition) is 0. The van der Waals surface area contributed by atoms with Crippen molar-refractivity contribution in [3.8, 4) is 0 Å². The van der Waals surface area contributed by atoms with E-state index in [4.69, 9.17) is 0 Å². The van der Waals surface area contributed by atoms with Crippen molar-refractivity contribution < 1.29 is 54.7 Å². The summed E-state index contributed by atoms with van der Waals surface area (Å²) >= 11 is 0. The van der Waals surface area contributed by atoms with Gasteiger partial charge in [0.2, 0.25) is 0 Å². The average Bonchev–Trinajstić information content (AvgIpc) is 0. The van der Waals surface area contributed by atoms with Gasteiger partial charge in [-0.25, -0.2) is 0 Å². The Morgan fingerprint density at radius 2 is 0.750 bits per heavy atom. The van der Waals surface area contributed by atoms with Crippen LogP contribution in [0.5, 0.6) is 0 Å². The second-order valence-electron chi connectivity index (χ2n) is 0. The summed E-state index contributed by atoms with van der Waals surface area (Å²) in [6.45, 7) is 0. The molecule has 4 heavy (non-hydrogen) atoms. The molecule has 0 saturated carbocycles. The first-order valence-corrected chi connectivity index (χ1v) is 0. The van der Waals surface area contributed by atoms with Gasteiger partial charge in [0.05, 0.1) is 0 Å². The standard InChI is InChI=1S/Cd.Ni.2O/q2*+2;2*-2. The van der Waals surface area contributed by atoms with Crippen LogP contribution in [0.15, 0.2) is 0 Å². The zero-order valence-corrected chi connectivity index (χ0v) is 6.86. The van der Waals surface area contributed by atoms with Gasteiger partial charge in [0.1, 0.15) is 0 Å². The van der Waals surface area contributed by atoms with Crippen molar-refractivity contribution in [1.29, 1.82) is 0 Å². The largest absolute Gasteiger partial charge is 2.00 e. The Hall–Kier alpha value is 1.34. The zero-order chi connectivity index (χ0) is 0. The minimum Gasteiger partial charge on any atom is -2.00 e. The van der Waals surface area contributed by atoms with Crippen LogP contribution in [0.25, 0.3) is 0 Å². The van der Waals surface area contributed by atoms with Crippen LogP contribution < -0.4 is 0 Å². The van der Waals surface area contributed by atoms with Crippen molar-refractivity contribution in [2.75, 3.05) is 0 Å². The van der Waals surface area contributed by atoms with Crippen molar-refractivity contribution in [2.24, 2.45) is 0 Å². The summed E-state index contributed by atoms with van der Waals surface area (Å²) in [5, 5.41) is 0. The molecule has 0 radical (unpaired) electrons. The topological polar surface area (TPSA) is 57.0 Å². The van der Waals surface area contributed by atoms with Crippen LogP contribution in [0.3, 0.4) is 0 Å². The molecule has 0 unspecified atom stereocenters. The van der Waals surface area contributed by atoms with Crippen molar-refractivity contribution in [2.45, 2.75) is 0 Å². The molecule has 0 rings (SSSR count). The summed E-state index contributed by atoms with van der Waals surface area (Å²) < 4.78 is 0. The molecule has 2 nitrogen and oxygen atoms in total. The van der Waals surface area contributed by atoms with Crippen LogP contribution in [0.4, 0.5) is 0 Å². The third-order valence-corrected chi connectivity index (χ3v) is 0. The van der Waals surface area contributed by atoms with E-state index in [0.717, 1.165) is 0 Å². The van der Waals surface area contributed by atoms with E-state index in [2.05, 4.69) is 0 Å². The molecule has 4 heteroatoms. The third kappa shape index (κ3) is 10.2. The van der Waals surface area contributed by atoms with Crippen LogP contribution in [0.1, 0.15) is 0 Å². The molecule has 0 atom stereocenters. The van der Waals surface area contributed by atoms with Gasteiger partial charge in [0.15, 0.2) is 0 Å². The Kier molecular flexibility index (Phi) is 380. The molecule has 0 heterocycles. The van der Waals surface area contributed by atoms with E-state index in [1.54, 1.807) is 0 Å². The molecule has 0 aliphatic carbocycles. The smallest absolute Gasteiger partial charge is 2.00 e. The quantitative estimate of drug-likeness (QED) is 0.488. The molecule has 0 bridgehead atoms. The van der Waals surface area contributed by atoms with Gasteiger partial charge in [-0.3, -0.25) is 0 Å². The van der Waals surface area contributed by atoms with Crippen molar-refractivity contribution in [1.82, 2.24) is 0 Å². The molecule has 0 aliphatic rings. The van der Waals surface area contributed by atoms with Gasteiger partial charge < -0.3 is 11.0 Å². The van der Waals surface area contributed by atoms with Crippen LogP contribution in [-0.4, -0.2) is 0 Å². The van der Waals surface area contributed by atoms with E-state index in [9.17, 15) is 0 Å². The molecule has 0 aromatic rings. The maximum Gasteiger partial charge on any atom is 2.00 e. The first kappa shape index (κ1) is 56.2. The molecule has 0 spiro atoms. The Morgan fingerprint density at radius 1 is 0.750 bits per heavy atom. The van der Waals surface area contributed by atoms with E-state index >= 15 is 0 Å². The fourth-order valence-corrected chi connectivity index (χ4v) is 0. The Labute approximate surface area is 54.7 Å². The maximum atomic E-state index is 0. The monoisotopic (exact) mass is 204 g/mol. The summed E-state index contributed by atoms with van der Waals surface area (Å²) in [5.74, 6) is 0. The van der Waals surface area contributed by atoms with Crippen LogP contribution in [0.2, 0.25) is 0 Å². The molecule has 0 aromatic heterocycles. The van der Waals surface area contributed by atoms with Crippen LogP contribution in [-0.2, 0) is 54.7 Å². The Balaban J connectivity index is 0. The van der Waals surface area contributed by atoms with Gasteiger partial charge in [-0.15, -0.1) is 0 Å². The van der Waals surface area contributed by atoms with Crippen molar-refractivity contribution >= 4 is 0 Å². The normalized spacial score (nSPS) is 0. The molecule has 0 aromatic carbocycles. The van der Waals surface area contributed by atoms with E-state index in [1.165, 1.54) is 0 Å². The Morgan fingerprint density at radius 3 is 0.750 bits per heavy atom. The zero-order valence-electron chi connectivity index (χ0n) is 1.84. The van der Waals surface area contributed by atoms with Gasteiger partial charge in [0, 0.05) is 0 Å². The molecule has 0 amide bonds. The molecule has 0 fully saturated rings. The van der Waals surface area contributed by atoms with Gasteiger partial charge >= 0.3 is 43.8 Å². The predicted octanol–water partition coefficient (Wildman–Crippen LogP) is -0.243. The second-order valence-corrected chi connectivity index (χ2v) is 0. The van der Waals surface area contributed by atoms with Gasteiger partial charge in [-0.1, -0.05) is 0 Å². The maximum absolute atomic E-state index is 0. The summed E-state index contributed by atoms with van der Waals surface area (Å²) in [5.41, 5.74) is 0. The minimum absolute atomic E-state index is 0. The first-order valence-electron chi connectivity index (χ1n) is 0. The summed E-state index contributed by atoms with van der Waals surface area (Å²) in [4.78, 5) is 0. The predicted molar refractivity (Wildman–Crippen MR) is 1.37 cm³/mol. The number of rotatable bonds is 0. The Bertz CT molecular complexity index is 6.00. The molecular formula is CdNiO2. The molecule has 0 N–H and O–H groups in total. The van der Waals surface area contributed by atoms with Gasteiger partial charge in [-0.2, -0.15) is 0 Å². The van der Waals surface area contributed by atoms with E-state index in [0.29, 0.717) is 0 Å². The fraction of sp³-hybridized carbons (Fsp3) is 0.